The summed E-state index contributed by atoms with van der Waals surface area (Å²) in [5.41, 5.74) is 1.47. The second kappa shape index (κ2) is 7.39. The molecule has 21 heavy (non-hydrogen) atoms. The van der Waals surface area contributed by atoms with Gasteiger partial charge in [-0.1, -0.05) is 36.8 Å². The van der Waals surface area contributed by atoms with Gasteiger partial charge in [0, 0.05) is 45.4 Å². The Kier molecular flexibility index (Phi) is 5.28. The predicted molar refractivity (Wildman–Crippen MR) is 86.5 cm³/mol. The van der Waals surface area contributed by atoms with Crippen LogP contribution in [-0.2, 0) is 4.74 Å². The van der Waals surface area contributed by atoms with Gasteiger partial charge in [0.1, 0.15) is 0 Å². The Balaban J connectivity index is 1.72. The van der Waals surface area contributed by atoms with E-state index in [1.807, 2.05) is 0 Å². The van der Waals surface area contributed by atoms with E-state index in [1.54, 1.807) is 7.11 Å². The molecule has 0 bridgehead atoms. The Bertz CT molecular complexity index is 422. The highest BCUT2D eigenvalue weighted by Crippen LogP contribution is 2.31. The molecule has 1 aromatic carbocycles. The van der Waals surface area contributed by atoms with Crippen molar-refractivity contribution in [2.45, 2.75) is 37.8 Å². The summed E-state index contributed by atoms with van der Waals surface area (Å²) < 4.78 is 5.24. The van der Waals surface area contributed by atoms with Gasteiger partial charge in [0.25, 0.3) is 0 Å². The molecule has 0 spiro atoms. The Labute approximate surface area is 128 Å². The monoisotopic (exact) mass is 288 g/mol. The van der Waals surface area contributed by atoms with E-state index < -0.39 is 0 Å². The molecule has 0 aromatic heterocycles. The summed E-state index contributed by atoms with van der Waals surface area (Å²) in [5, 5.41) is 0. The highest BCUT2D eigenvalue weighted by atomic mass is 16.5. The number of piperazine rings is 1. The minimum atomic E-state index is 0.553. The molecule has 0 N–H and O–H groups in total. The molecule has 2 heterocycles. The smallest absolute Gasteiger partial charge is 0.0476 e. The normalized spacial score (nSPS) is 27.5. The average Bonchev–Trinajstić information content (AvgIpc) is 2.55. The van der Waals surface area contributed by atoms with Crippen molar-refractivity contribution in [1.82, 2.24) is 9.80 Å². The zero-order chi connectivity index (χ0) is 14.5. The summed E-state index contributed by atoms with van der Waals surface area (Å²) in [7, 11) is 1.80. The maximum atomic E-state index is 5.24. The van der Waals surface area contributed by atoms with Crippen molar-refractivity contribution in [3.8, 4) is 0 Å². The second-order valence-electron chi connectivity index (χ2n) is 6.41. The van der Waals surface area contributed by atoms with Gasteiger partial charge in [-0.3, -0.25) is 9.80 Å². The predicted octanol–water partition coefficient (Wildman–Crippen LogP) is 2.93. The first kappa shape index (κ1) is 15.0. The van der Waals surface area contributed by atoms with Gasteiger partial charge >= 0.3 is 0 Å². The molecule has 1 aromatic rings. The molecule has 3 heteroatoms. The van der Waals surface area contributed by atoms with Crippen LogP contribution < -0.4 is 0 Å². The maximum absolute atomic E-state index is 5.24. The van der Waals surface area contributed by atoms with Crippen molar-refractivity contribution in [3.63, 3.8) is 0 Å². The van der Waals surface area contributed by atoms with Crippen molar-refractivity contribution in [1.29, 1.82) is 0 Å². The minimum absolute atomic E-state index is 0.553. The van der Waals surface area contributed by atoms with Crippen LogP contribution in [-0.4, -0.2) is 55.7 Å². The van der Waals surface area contributed by atoms with E-state index in [2.05, 4.69) is 40.1 Å². The first-order chi connectivity index (χ1) is 10.4. The van der Waals surface area contributed by atoms with Crippen LogP contribution in [0.1, 0.15) is 37.3 Å². The van der Waals surface area contributed by atoms with Crippen molar-refractivity contribution in [3.05, 3.63) is 35.9 Å². The maximum Gasteiger partial charge on any atom is 0.0476 e. The number of fused-ring (bicyclic) bond motifs is 1. The van der Waals surface area contributed by atoms with Crippen LogP contribution in [0.25, 0.3) is 0 Å². The standard InChI is InChI=1S/C18H28N2O/c1-21-13-7-12-20-14-17-10-5-6-11-19(17)15-18(20)16-8-3-2-4-9-16/h2-4,8-9,17-18H,5-7,10-15H2,1H3. The van der Waals surface area contributed by atoms with E-state index in [9.17, 15) is 0 Å². The lowest BCUT2D eigenvalue weighted by atomic mass is 9.93. The number of hydrogen-bond donors (Lipinski definition) is 0. The highest BCUT2D eigenvalue weighted by molar-refractivity contribution is 5.20. The quantitative estimate of drug-likeness (QED) is 0.775. The topological polar surface area (TPSA) is 15.7 Å². The number of benzene rings is 1. The first-order valence-electron chi connectivity index (χ1n) is 8.40. The van der Waals surface area contributed by atoms with Gasteiger partial charge in [-0.2, -0.15) is 0 Å². The van der Waals surface area contributed by atoms with E-state index in [0.717, 1.165) is 25.6 Å². The molecule has 2 saturated heterocycles. The molecule has 2 unspecified atom stereocenters. The van der Waals surface area contributed by atoms with Crippen molar-refractivity contribution < 1.29 is 4.74 Å². The lowest BCUT2D eigenvalue weighted by molar-refractivity contribution is 0.00446. The van der Waals surface area contributed by atoms with Crippen LogP contribution in [0.15, 0.2) is 30.3 Å². The van der Waals surface area contributed by atoms with Gasteiger partial charge in [-0.05, 0) is 31.4 Å². The van der Waals surface area contributed by atoms with Crippen LogP contribution in [0.3, 0.4) is 0 Å². The number of nitrogens with zero attached hydrogens (tertiary/aromatic N) is 2. The Hall–Kier alpha value is -0.900. The van der Waals surface area contributed by atoms with E-state index in [4.69, 9.17) is 4.74 Å². The van der Waals surface area contributed by atoms with Crippen molar-refractivity contribution in [2.24, 2.45) is 0 Å². The molecule has 2 aliphatic rings. The van der Waals surface area contributed by atoms with Crippen LogP contribution >= 0.6 is 0 Å². The van der Waals surface area contributed by atoms with E-state index in [0.29, 0.717) is 6.04 Å². The third kappa shape index (κ3) is 3.65. The Morgan fingerprint density at radius 2 is 2.00 bits per heavy atom. The van der Waals surface area contributed by atoms with Crippen LogP contribution in [0.2, 0.25) is 0 Å². The van der Waals surface area contributed by atoms with E-state index >= 15 is 0 Å². The third-order valence-electron chi connectivity index (χ3n) is 5.02. The fraction of sp³-hybridized carbons (Fsp3) is 0.667. The summed E-state index contributed by atoms with van der Waals surface area (Å²) in [6.45, 7) is 5.73. The minimum Gasteiger partial charge on any atom is -0.385 e. The summed E-state index contributed by atoms with van der Waals surface area (Å²) in [5.74, 6) is 0. The van der Waals surface area contributed by atoms with Crippen molar-refractivity contribution in [2.75, 3.05) is 39.9 Å². The first-order valence-corrected chi connectivity index (χ1v) is 8.40. The molecule has 0 radical (unpaired) electrons. The lowest BCUT2D eigenvalue weighted by Gasteiger charge is -2.48. The van der Waals surface area contributed by atoms with Gasteiger partial charge in [0.05, 0.1) is 0 Å². The molecule has 0 amide bonds. The van der Waals surface area contributed by atoms with Gasteiger partial charge in [-0.25, -0.2) is 0 Å². The summed E-state index contributed by atoms with van der Waals surface area (Å²) >= 11 is 0. The molecule has 0 saturated carbocycles. The molecular formula is C18H28N2O. The van der Waals surface area contributed by atoms with Crippen LogP contribution in [0.4, 0.5) is 0 Å². The summed E-state index contributed by atoms with van der Waals surface area (Å²) in [4.78, 5) is 5.43. The molecule has 2 atom stereocenters. The lowest BCUT2D eigenvalue weighted by Crippen LogP contribution is -2.56. The summed E-state index contributed by atoms with van der Waals surface area (Å²) in [6, 6.07) is 12.4. The van der Waals surface area contributed by atoms with Gasteiger partial charge in [0.15, 0.2) is 0 Å². The van der Waals surface area contributed by atoms with Gasteiger partial charge < -0.3 is 4.74 Å². The van der Waals surface area contributed by atoms with E-state index in [-0.39, 0.29) is 0 Å². The van der Waals surface area contributed by atoms with Gasteiger partial charge in [0.2, 0.25) is 0 Å². The zero-order valence-electron chi connectivity index (χ0n) is 13.2. The molecule has 116 valence electrons. The van der Waals surface area contributed by atoms with E-state index in [1.165, 1.54) is 44.5 Å². The SMILES string of the molecule is COCCCN1CC2CCCCN2CC1c1ccccc1. The van der Waals surface area contributed by atoms with Crippen molar-refractivity contribution >= 4 is 0 Å². The average molecular weight is 288 g/mol. The number of methoxy groups -OCH3 is 1. The molecule has 2 aliphatic heterocycles. The summed E-state index contributed by atoms with van der Waals surface area (Å²) in [6.07, 6.45) is 5.29. The zero-order valence-corrected chi connectivity index (χ0v) is 13.2. The molecule has 3 rings (SSSR count). The molecule has 3 nitrogen and oxygen atoms in total. The highest BCUT2D eigenvalue weighted by Gasteiger charge is 2.35. The molecule has 0 aliphatic carbocycles. The molecule has 2 fully saturated rings. The number of ether oxygens (including phenoxy) is 1. The fourth-order valence-electron chi connectivity index (χ4n) is 3.89. The number of piperidine rings is 1. The number of hydrogen-bond acceptors (Lipinski definition) is 3. The third-order valence-corrected chi connectivity index (χ3v) is 5.02. The largest absolute Gasteiger partial charge is 0.385 e. The van der Waals surface area contributed by atoms with Crippen LogP contribution in [0, 0.1) is 0 Å². The number of rotatable bonds is 5. The van der Waals surface area contributed by atoms with Crippen LogP contribution in [0.5, 0.6) is 0 Å². The Morgan fingerprint density at radius 3 is 2.81 bits per heavy atom. The second-order valence-corrected chi connectivity index (χ2v) is 6.41. The fourth-order valence-corrected chi connectivity index (χ4v) is 3.89. The molecular weight excluding hydrogens is 260 g/mol. The Morgan fingerprint density at radius 1 is 1.14 bits per heavy atom. The van der Waals surface area contributed by atoms with Gasteiger partial charge in [-0.15, -0.1) is 0 Å².